The SMILES string of the molecule is CCC(O)(CC)c1ccccc1OC(C)C. The zero-order chi connectivity index (χ0) is 12.2. The number of rotatable bonds is 5. The van der Waals surface area contributed by atoms with Gasteiger partial charge in [0.25, 0.3) is 0 Å². The van der Waals surface area contributed by atoms with E-state index in [1.165, 1.54) is 0 Å². The van der Waals surface area contributed by atoms with Crippen molar-refractivity contribution >= 4 is 0 Å². The number of para-hydroxylation sites is 1. The summed E-state index contributed by atoms with van der Waals surface area (Å²) in [4.78, 5) is 0. The summed E-state index contributed by atoms with van der Waals surface area (Å²) in [5.74, 6) is 0.795. The van der Waals surface area contributed by atoms with Crippen LogP contribution in [0.3, 0.4) is 0 Å². The molecule has 0 saturated carbocycles. The molecule has 0 amide bonds. The van der Waals surface area contributed by atoms with Crippen molar-refractivity contribution in [1.29, 1.82) is 0 Å². The molecule has 16 heavy (non-hydrogen) atoms. The highest BCUT2D eigenvalue weighted by Crippen LogP contribution is 2.35. The molecule has 2 nitrogen and oxygen atoms in total. The van der Waals surface area contributed by atoms with E-state index in [-0.39, 0.29) is 6.10 Å². The Hall–Kier alpha value is -1.02. The maximum absolute atomic E-state index is 10.5. The number of aliphatic hydroxyl groups is 1. The fourth-order valence-corrected chi connectivity index (χ4v) is 1.84. The minimum atomic E-state index is -0.772. The summed E-state index contributed by atoms with van der Waals surface area (Å²) < 4.78 is 5.74. The number of hydrogen-bond acceptors (Lipinski definition) is 2. The minimum absolute atomic E-state index is 0.124. The van der Waals surface area contributed by atoms with Crippen LogP contribution in [0.15, 0.2) is 24.3 Å². The van der Waals surface area contributed by atoms with Gasteiger partial charge in [0.2, 0.25) is 0 Å². The first kappa shape index (κ1) is 13.0. The molecule has 1 aromatic carbocycles. The number of hydrogen-bond donors (Lipinski definition) is 1. The third-order valence-corrected chi connectivity index (χ3v) is 2.92. The maximum atomic E-state index is 10.5. The Bertz CT molecular complexity index is 327. The molecule has 90 valence electrons. The van der Waals surface area contributed by atoms with Gasteiger partial charge < -0.3 is 9.84 Å². The molecule has 1 rings (SSSR count). The molecule has 0 aliphatic rings. The first-order valence-corrected chi connectivity index (χ1v) is 6.02. The average Bonchev–Trinajstić information content (AvgIpc) is 2.28. The van der Waals surface area contributed by atoms with Crippen molar-refractivity contribution in [2.75, 3.05) is 0 Å². The van der Waals surface area contributed by atoms with E-state index in [2.05, 4.69) is 0 Å². The predicted molar refractivity (Wildman–Crippen MR) is 66.7 cm³/mol. The molecule has 1 N–H and O–H groups in total. The largest absolute Gasteiger partial charge is 0.491 e. The molecule has 0 aromatic heterocycles. The summed E-state index contributed by atoms with van der Waals surface area (Å²) >= 11 is 0. The Morgan fingerprint density at radius 3 is 2.25 bits per heavy atom. The molecular formula is C14H22O2. The van der Waals surface area contributed by atoms with Crippen LogP contribution >= 0.6 is 0 Å². The van der Waals surface area contributed by atoms with Crippen LogP contribution in [-0.4, -0.2) is 11.2 Å². The minimum Gasteiger partial charge on any atom is -0.491 e. The normalized spacial score (nSPS) is 11.9. The van der Waals surface area contributed by atoms with E-state index in [0.29, 0.717) is 12.8 Å². The van der Waals surface area contributed by atoms with Crippen LogP contribution in [0.25, 0.3) is 0 Å². The Labute approximate surface area is 98.3 Å². The topological polar surface area (TPSA) is 29.5 Å². The summed E-state index contributed by atoms with van der Waals surface area (Å²) in [5.41, 5.74) is 0.125. The molecule has 0 spiro atoms. The standard InChI is InChI=1S/C14H22O2/c1-5-14(15,6-2)12-9-7-8-10-13(12)16-11(3)4/h7-11,15H,5-6H2,1-4H3. The second kappa shape index (κ2) is 5.35. The third kappa shape index (κ3) is 2.76. The van der Waals surface area contributed by atoms with Gasteiger partial charge in [0.05, 0.1) is 11.7 Å². The van der Waals surface area contributed by atoms with Gasteiger partial charge in [-0.05, 0) is 32.8 Å². The van der Waals surface area contributed by atoms with E-state index in [9.17, 15) is 5.11 Å². The lowest BCUT2D eigenvalue weighted by molar-refractivity contribution is 0.0245. The van der Waals surface area contributed by atoms with E-state index >= 15 is 0 Å². The predicted octanol–water partition coefficient (Wildman–Crippen LogP) is 3.48. The molecule has 0 fully saturated rings. The molecule has 0 saturated heterocycles. The molecule has 0 heterocycles. The lowest BCUT2D eigenvalue weighted by atomic mass is 9.88. The molecule has 0 atom stereocenters. The monoisotopic (exact) mass is 222 g/mol. The van der Waals surface area contributed by atoms with E-state index < -0.39 is 5.60 Å². The van der Waals surface area contributed by atoms with E-state index in [0.717, 1.165) is 11.3 Å². The van der Waals surface area contributed by atoms with Crippen molar-refractivity contribution in [2.45, 2.75) is 52.2 Å². The van der Waals surface area contributed by atoms with Crippen LogP contribution in [0.5, 0.6) is 5.75 Å². The second-order valence-electron chi connectivity index (χ2n) is 4.40. The molecular weight excluding hydrogens is 200 g/mol. The molecule has 0 aliphatic carbocycles. The number of ether oxygens (including phenoxy) is 1. The van der Waals surface area contributed by atoms with Gasteiger partial charge in [0.1, 0.15) is 5.75 Å². The van der Waals surface area contributed by atoms with Gasteiger partial charge in [0, 0.05) is 5.56 Å². The first-order valence-electron chi connectivity index (χ1n) is 6.02. The Morgan fingerprint density at radius 1 is 1.19 bits per heavy atom. The summed E-state index contributed by atoms with van der Waals surface area (Å²) in [6, 6.07) is 7.75. The first-order chi connectivity index (χ1) is 7.53. The van der Waals surface area contributed by atoms with Crippen LogP contribution in [0, 0.1) is 0 Å². The van der Waals surface area contributed by atoms with Crippen LogP contribution in [0.2, 0.25) is 0 Å². The maximum Gasteiger partial charge on any atom is 0.125 e. The summed E-state index contributed by atoms with van der Waals surface area (Å²) in [5, 5.41) is 10.5. The van der Waals surface area contributed by atoms with Gasteiger partial charge in [-0.2, -0.15) is 0 Å². The highest BCUT2D eigenvalue weighted by Gasteiger charge is 2.28. The summed E-state index contributed by atoms with van der Waals surface area (Å²) in [7, 11) is 0. The summed E-state index contributed by atoms with van der Waals surface area (Å²) in [6.07, 6.45) is 1.52. The lowest BCUT2D eigenvalue weighted by Crippen LogP contribution is -2.25. The van der Waals surface area contributed by atoms with E-state index in [1.54, 1.807) is 0 Å². The fraction of sp³-hybridized carbons (Fsp3) is 0.571. The number of benzene rings is 1. The smallest absolute Gasteiger partial charge is 0.125 e. The van der Waals surface area contributed by atoms with Crippen LogP contribution in [0.4, 0.5) is 0 Å². The molecule has 1 aromatic rings. The molecule has 2 heteroatoms. The second-order valence-corrected chi connectivity index (χ2v) is 4.40. The molecule has 0 bridgehead atoms. The average molecular weight is 222 g/mol. The van der Waals surface area contributed by atoms with Gasteiger partial charge in [-0.25, -0.2) is 0 Å². The van der Waals surface area contributed by atoms with Crippen molar-refractivity contribution in [3.05, 3.63) is 29.8 Å². The quantitative estimate of drug-likeness (QED) is 0.826. The van der Waals surface area contributed by atoms with Gasteiger partial charge in [-0.15, -0.1) is 0 Å². The van der Waals surface area contributed by atoms with Crippen molar-refractivity contribution < 1.29 is 9.84 Å². The molecule has 0 unspecified atom stereocenters. The van der Waals surface area contributed by atoms with E-state index in [4.69, 9.17) is 4.74 Å². The van der Waals surface area contributed by atoms with Crippen LogP contribution in [0.1, 0.15) is 46.1 Å². The zero-order valence-corrected chi connectivity index (χ0v) is 10.7. The van der Waals surface area contributed by atoms with Crippen molar-refractivity contribution in [3.63, 3.8) is 0 Å². The third-order valence-electron chi connectivity index (χ3n) is 2.92. The van der Waals surface area contributed by atoms with Crippen molar-refractivity contribution in [1.82, 2.24) is 0 Å². The van der Waals surface area contributed by atoms with Crippen LogP contribution < -0.4 is 4.74 Å². The Morgan fingerprint density at radius 2 is 1.75 bits per heavy atom. The molecule has 0 radical (unpaired) electrons. The van der Waals surface area contributed by atoms with Crippen molar-refractivity contribution in [2.24, 2.45) is 0 Å². The van der Waals surface area contributed by atoms with Gasteiger partial charge in [0.15, 0.2) is 0 Å². The summed E-state index contributed by atoms with van der Waals surface area (Å²) in [6.45, 7) is 7.98. The Balaban J connectivity index is 3.11. The Kier molecular flexibility index (Phi) is 4.36. The lowest BCUT2D eigenvalue weighted by Gasteiger charge is -2.28. The van der Waals surface area contributed by atoms with Gasteiger partial charge in [-0.3, -0.25) is 0 Å². The molecule has 0 aliphatic heterocycles. The van der Waals surface area contributed by atoms with E-state index in [1.807, 2.05) is 52.0 Å². The van der Waals surface area contributed by atoms with Gasteiger partial charge in [-0.1, -0.05) is 32.0 Å². The van der Waals surface area contributed by atoms with Crippen LogP contribution in [-0.2, 0) is 5.60 Å². The highest BCUT2D eigenvalue weighted by molar-refractivity contribution is 5.38. The highest BCUT2D eigenvalue weighted by atomic mass is 16.5. The zero-order valence-electron chi connectivity index (χ0n) is 10.7. The van der Waals surface area contributed by atoms with Crippen molar-refractivity contribution in [3.8, 4) is 5.75 Å². The van der Waals surface area contributed by atoms with Gasteiger partial charge >= 0.3 is 0 Å². The fourth-order valence-electron chi connectivity index (χ4n) is 1.84.